The van der Waals surface area contributed by atoms with Crippen LogP contribution in [-0.2, 0) is 11.3 Å². The quantitative estimate of drug-likeness (QED) is 0.411. The van der Waals surface area contributed by atoms with Gasteiger partial charge in [0.1, 0.15) is 0 Å². The third-order valence-electron chi connectivity index (χ3n) is 4.44. The van der Waals surface area contributed by atoms with E-state index in [-0.39, 0.29) is 16.8 Å². The Morgan fingerprint density at radius 1 is 1.30 bits per heavy atom. The zero-order valence-electron chi connectivity index (χ0n) is 14.5. The number of rotatable bonds is 6. The van der Waals surface area contributed by atoms with Crippen LogP contribution in [0.2, 0.25) is 0 Å². The molecule has 9 heteroatoms. The monoisotopic (exact) mass is 450 g/mol. The normalized spacial score (nSPS) is 15.9. The first-order valence-corrected chi connectivity index (χ1v) is 10.2. The molecular weight excluding hydrogens is 432 g/mol. The standard InChI is InChI=1S/C18H19BrN4O3S/c19-15-3-1-13(2-4-15)12-22-9-7-14(8-10-22)18(24)21-20-11-16-5-6-17(27-16)23(25)26/h1-6,11,14H,7-10,12H2,(H,21,24)/b20-11+. The molecule has 142 valence electrons. The van der Waals surface area contributed by atoms with Crippen molar-refractivity contribution in [3.8, 4) is 0 Å². The smallest absolute Gasteiger partial charge is 0.299 e. The summed E-state index contributed by atoms with van der Waals surface area (Å²) in [6.07, 6.45) is 3.03. The molecule has 0 saturated carbocycles. The number of amides is 1. The summed E-state index contributed by atoms with van der Waals surface area (Å²) in [5.74, 6) is -0.151. The van der Waals surface area contributed by atoms with E-state index in [4.69, 9.17) is 0 Å². The number of hydrogen-bond donors (Lipinski definition) is 1. The van der Waals surface area contributed by atoms with E-state index in [1.54, 1.807) is 6.07 Å². The van der Waals surface area contributed by atoms with Crippen LogP contribution in [0.15, 0.2) is 46.0 Å². The van der Waals surface area contributed by atoms with Crippen LogP contribution in [0.1, 0.15) is 23.3 Å². The predicted octanol–water partition coefficient (Wildman–Crippen LogP) is 3.78. The van der Waals surface area contributed by atoms with Crippen molar-refractivity contribution >= 4 is 44.4 Å². The lowest BCUT2D eigenvalue weighted by atomic mass is 9.96. The number of carbonyl (C=O) groups is 1. The van der Waals surface area contributed by atoms with E-state index in [0.717, 1.165) is 48.3 Å². The van der Waals surface area contributed by atoms with E-state index in [1.807, 2.05) is 12.1 Å². The van der Waals surface area contributed by atoms with Gasteiger partial charge < -0.3 is 0 Å². The first kappa shape index (κ1) is 19.7. The highest BCUT2D eigenvalue weighted by Gasteiger charge is 2.24. The summed E-state index contributed by atoms with van der Waals surface area (Å²) in [5, 5.41) is 14.6. The fraction of sp³-hybridized carbons (Fsp3) is 0.333. The molecule has 3 rings (SSSR count). The van der Waals surface area contributed by atoms with Crippen LogP contribution in [0.4, 0.5) is 5.00 Å². The molecule has 1 saturated heterocycles. The van der Waals surface area contributed by atoms with Gasteiger partial charge in [-0.3, -0.25) is 19.8 Å². The van der Waals surface area contributed by atoms with Crippen LogP contribution >= 0.6 is 27.3 Å². The number of benzene rings is 1. The van der Waals surface area contributed by atoms with Gasteiger partial charge in [0.25, 0.3) is 0 Å². The predicted molar refractivity (Wildman–Crippen MR) is 109 cm³/mol. The lowest BCUT2D eigenvalue weighted by molar-refractivity contribution is -0.380. The minimum Gasteiger partial charge on any atom is -0.299 e. The number of nitrogens with zero attached hydrogens (tertiary/aromatic N) is 3. The molecule has 7 nitrogen and oxygen atoms in total. The molecular formula is C18H19BrN4O3S. The molecule has 2 aromatic rings. The number of nitro groups is 1. The van der Waals surface area contributed by atoms with Gasteiger partial charge in [0.2, 0.25) is 5.91 Å². The summed E-state index contributed by atoms with van der Waals surface area (Å²) >= 11 is 4.46. The second-order valence-electron chi connectivity index (χ2n) is 6.34. The summed E-state index contributed by atoms with van der Waals surface area (Å²) in [6.45, 7) is 2.63. The van der Waals surface area contributed by atoms with E-state index in [2.05, 4.69) is 43.5 Å². The minimum absolute atomic E-state index is 0.0546. The van der Waals surface area contributed by atoms with Crippen molar-refractivity contribution in [3.05, 3.63) is 61.4 Å². The van der Waals surface area contributed by atoms with Gasteiger partial charge in [-0.2, -0.15) is 5.10 Å². The summed E-state index contributed by atoms with van der Waals surface area (Å²) < 4.78 is 1.07. The number of halogens is 1. The SMILES string of the molecule is O=C(N/N=C/c1ccc([N+](=O)[O-])s1)C1CCN(Cc2ccc(Br)cc2)CC1. The molecule has 0 spiro atoms. The Morgan fingerprint density at radius 3 is 2.63 bits per heavy atom. The van der Waals surface area contributed by atoms with Crippen molar-refractivity contribution in [1.29, 1.82) is 0 Å². The molecule has 0 atom stereocenters. The maximum absolute atomic E-state index is 12.3. The maximum Gasteiger partial charge on any atom is 0.324 e. The van der Waals surface area contributed by atoms with E-state index >= 15 is 0 Å². The Labute approximate surface area is 169 Å². The molecule has 1 N–H and O–H groups in total. The zero-order valence-corrected chi connectivity index (χ0v) is 16.9. The van der Waals surface area contributed by atoms with Crippen molar-refractivity contribution in [2.24, 2.45) is 11.0 Å². The maximum atomic E-state index is 12.3. The molecule has 0 unspecified atom stereocenters. The van der Waals surface area contributed by atoms with E-state index in [9.17, 15) is 14.9 Å². The first-order chi connectivity index (χ1) is 13.0. The molecule has 1 aliphatic rings. The van der Waals surface area contributed by atoms with Crippen LogP contribution in [-0.4, -0.2) is 35.0 Å². The number of hydrazone groups is 1. The average molecular weight is 451 g/mol. The molecule has 0 radical (unpaired) electrons. The van der Waals surface area contributed by atoms with Gasteiger partial charge in [-0.05, 0) is 49.7 Å². The average Bonchev–Trinajstić information content (AvgIpc) is 3.13. The van der Waals surface area contributed by atoms with Crippen LogP contribution in [0, 0.1) is 16.0 Å². The molecule has 1 amide bonds. The molecule has 1 fully saturated rings. The molecule has 0 bridgehead atoms. The second-order valence-corrected chi connectivity index (χ2v) is 8.35. The van der Waals surface area contributed by atoms with Crippen LogP contribution in [0.3, 0.4) is 0 Å². The number of nitrogens with one attached hydrogen (secondary N) is 1. The number of piperidine rings is 1. The fourth-order valence-corrected chi connectivity index (χ4v) is 3.92. The van der Waals surface area contributed by atoms with Gasteiger partial charge in [-0.15, -0.1) is 0 Å². The molecule has 1 aromatic heterocycles. The fourth-order valence-electron chi connectivity index (χ4n) is 2.96. The number of likely N-dealkylation sites (tertiary alicyclic amines) is 1. The third kappa shape index (κ3) is 5.69. The van der Waals surface area contributed by atoms with Crippen molar-refractivity contribution in [2.45, 2.75) is 19.4 Å². The van der Waals surface area contributed by atoms with Gasteiger partial charge in [0.05, 0.1) is 16.0 Å². The summed E-state index contributed by atoms with van der Waals surface area (Å²) in [6, 6.07) is 11.3. The lowest BCUT2D eigenvalue weighted by Crippen LogP contribution is -2.39. The number of thiophene rings is 1. The summed E-state index contributed by atoms with van der Waals surface area (Å²) in [7, 11) is 0. The molecule has 27 heavy (non-hydrogen) atoms. The molecule has 0 aliphatic carbocycles. The van der Waals surface area contributed by atoms with Gasteiger partial charge in [0.15, 0.2) is 0 Å². The van der Waals surface area contributed by atoms with Crippen LogP contribution in [0.5, 0.6) is 0 Å². The van der Waals surface area contributed by atoms with Crippen molar-refractivity contribution in [2.75, 3.05) is 13.1 Å². The highest BCUT2D eigenvalue weighted by molar-refractivity contribution is 9.10. The Balaban J connectivity index is 1.43. The Kier molecular flexibility index (Phi) is 6.70. The lowest BCUT2D eigenvalue weighted by Gasteiger charge is -2.30. The highest BCUT2D eigenvalue weighted by Crippen LogP contribution is 2.22. The van der Waals surface area contributed by atoms with Crippen molar-refractivity contribution in [3.63, 3.8) is 0 Å². The Hall–Kier alpha value is -2.10. The van der Waals surface area contributed by atoms with Gasteiger partial charge in [-0.1, -0.05) is 39.4 Å². The summed E-state index contributed by atoms with van der Waals surface area (Å²) in [5.41, 5.74) is 3.81. The largest absolute Gasteiger partial charge is 0.324 e. The van der Waals surface area contributed by atoms with Crippen molar-refractivity contribution < 1.29 is 9.72 Å². The first-order valence-electron chi connectivity index (χ1n) is 8.55. The zero-order chi connectivity index (χ0) is 19.2. The molecule has 2 heterocycles. The van der Waals surface area contributed by atoms with E-state index in [1.165, 1.54) is 17.8 Å². The Bertz CT molecular complexity index is 829. The van der Waals surface area contributed by atoms with Crippen LogP contribution in [0.25, 0.3) is 0 Å². The third-order valence-corrected chi connectivity index (χ3v) is 5.94. The van der Waals surface area contributed by atoms with E-state index < -0.39 is 4.92 Å². The topological polar surface area (TPSA) is 87.8 Å². The highest BCUT2D eigenvalue weighted by atomic mass is 79.9. The molecule has 1 aliphatic heterocycles. The number of carbonyl (C=O) groups excluding carboxylic acids is 1. The van der Waals surface area contributed by atoms with Crippen molar-refractivity contribution in [1.82, 2.24) is 10.3 Å². The second kappa shape index (κ2) is 9.20. The minimum atomic E-state index is -0.442. The molecule has 1 aromatic carbocycles. The van der Waals surface area contributed by atoms with Gasteiger partial charge >= 0.3 is 5.00 Å². The summed E-state index contributed by atoms with van der Waals surface area (Å²) in [4.78, 5) is 25.4. The van der Waals surface area contributed by atoms with E-state index in [0.29, 0.717) is 4.88 Å². The van der Waals surface area contributed by atoms with Gasteiger partial charge in [0, 0.05) is 23.0 Å². The number of hydrogen-bond acceptors (Lipinski definition) is 6. The Morgan fingerprint density at radius 2 is 2.00 bits per heavy atom. The van der Waals surface area contributed by atoms with Gasteiger partial charge in [-0.25, -0.2) is 5.43 Å². The van der Waals surface area contributed by atoms with Crippen LogP contribution < -0.4 is 5.43 Å².